The minimum atomic E-state index is -1.07. The van der Waals surface area contributed by atoms with Crippen LogP contribution in [0.5, 0.6) is 0 Å². The second kappa shape index (κ2) is 7.50. The van der Waals surface area contributed by atoms with Crippen LogP contribution in [0.4, 0.5) is 10.5 Å². The number of nitrogens with one attached hydrogen (secondary N) is 1. The van der Waals surface area contributed by atoms with Crippen LogP contribution >= 0.6 is 23.2 Å². The van der Waals surface area contributed by atoms with Crippen LogP contribution < -0.4 is 10.2 Å². The number of rotatable bonds is 4. The Labute approximate surface area is 178 Å². The van der Waals surface area contributed by atoms with Gasteiger partial charge in [0.05, 0.1) is 5.69 Å². The van der Waals surface area contributed by atoms with Crippen LogP contribution in [0.25, 0.3) is 11.1 Å². The van der Waals surface area contributed by atoms with Gasteiger partial charge in [0, 0.05) is 28.9 Å². The molecule has 0 saturated carbocycles. The smallest absolute Gasteiger partial charge is 0.323 e. The molecular weight excluding hydrogens is 409 g/mol. The maximum atomic E-state index is 13.1. The zero-order valence-corrected chi connectivity index (χ0v) is 17.0. The van der Waals surface area contributed by atoms with Crippen molar-refractivity contribution in [3.63, 3.8) is 0 Å². The number of halogens is 2. The molecule has 1 N–H and O–H groups in total. The second-order valence-corrected chi connectivity index (χ2v) is 8.02. The molecule has 0 spiro atoms. The highest BCUT2D eigenvalue weighted by Gasteiger charge is 2.48. The first-order valence-electron chi connectivity index (χ1n) is 8.98. The van der Waals surface area contributed by atoms with Crippen LogP contribution in [0, 0.1) is 0 Å². The normalized spacial score (nSPS) is 18.8. The molecule has 2 heterocycles. The number of carbonyl (C=O) groups is 2. The molecule has 0 radical (unpaired) electrons. The van der Waals surface area contributed by atoms with Crippen LogP contribution in [-0.2, 0) is 11.2 Å². The highest BCUT2D eigenvalue weighted by molar-refractivity contribution is 6.35. The fourth-order valence-corrected chi connectivity index (χ4v) is 3.98. The van der Waals surface area contributed by atoms with Crippen molar-refractivity contribution in [3.05, 3.63) is 82.6 Å². The van der Waals surface area contributed by atoms with E-state index in [1.807, 2.05) is 36.4 Å². The third-order valence-corrected chi connectivity index (χ3v) is 5.31. The molecule has 1 saturated heterocycles. The summed E-state index contributed by atoms with van der Waals surface area (Å²) in [7, 11) is 0. The lowest BCUT2D eigenvalue weighted by atomic mass is 9.92. The number of imide groups is 1. The van der Waals surface area contributed by atoms with E-state index in [0.717, 1.165) is 21.6 Å². The monoisotopic (exact) mass is 425 g/mol. The van der Waals surface area contributed by atoms with Gasteiger partial charge in [0.1, 0.15) is 5.54 Å². The van der Waals surface area contributed by atoms with Crippen molar-refractivity contribution in [2.75, 3.05) is 4.90 Å². The number of nitrogens with zero attached hydrogens (tertiary/aromatic N) is 2. The summed E-state index contributed by atoms with van der Waals surface area (Å²) in [6, 6.07) is 15.9. The Bertz CT molecular complexity index is 1070. The van der Waals surface area contributed by atoms with Gasteiger partial charge in [-0.2, -0.15) is 0 Å². The molecule has 1 aliphatic rings. The van der Waals surface area contributed by atoms with Gasteiger partial charge < -0.3 is 5.32 Å². The summed E-state index contributed by atoms with van der Waals surface area (Å²) in [6.45, 7) is 1.72. The van der Waals surface area contributed by atoms with Gasteiger partial charge in [-0.05, 0) is 47.9 Å². The predicted octanol–water partition coefficient (Wildman–Crippen LogP) is 5.11. The van der Waals surface area contributed by atoms with Crippen LogP contribution in [0.2, 0.25) is 10.0 Å². The molecule has 1 atom stereocenters. The molecule has 1 fully saturated rings. The fraction of sp³-hybridized carbons (Fsp3) is 0.136. The molecule has 4 rings (SSSR count). The maximum absolute atomic E-state index is 13.1. The summed E-state index contributed by atoms with van der Waals surface area (Å²) in [4.78, 5) is 30.9. The van der Waals surface area contributed by atoms with Gasteiger partial charge in [-0.25, -0.2) is 9.69 Å². The second-order valence-electron chi connectivity index (χ2n) is 7.15. The van der Waals surface area contributed by atoms with E-state index in [0.29, 0.717) is 22.2 Å². The Morgan fingerprint density at radius 1 is 1.00 bits per heavy atom. The van der Waals surface area contributed by atoms with Crippen LogP contribution in [0.3, 0.4) is 0 Å². The zero-order chi connectivity index (χ0) is 20.6. The van der Waals surface area contributed by atoms with Gasteiger partial charge >= 0.3 is 6.03 Å². The molecule has 5 nitrogen and oxygen atoms in total. The molecule has 7 heteroatoms. The Balaban J connectivity index is 1.57. The van der Waals surface area contributed by atoms with Crippen molar-refractivity contribution in [1.29, 1.82) is 0 Å². The van der Waals surface area contributed by atoms with Gasteiger partial charge in [0.2, 0.25) is 0 Å². The number of amides is 3. The molecule has 0 aliphatic carbocycles. The fourth-order valence-electron chi connectivity index (χ4n) is 3.46. The van der Waals surface area contributed by atoms with E-state index in [2.05, 4.69) is 10.3 Å². The molecule has 1 unspecified atom stereocenters. The number of carbonyl (C=O) groups excluding carboxylic acids is 2. The predicted molar refractivity (Wildman–Crippen MR) is 114 cm³/mol. The van der Waals surface area contributed by atoms with E-state index in [9.17, 15) is 9.59 Å². The molecule has 2 aromatic carbocycles. The topological polar surface area (TPSA) is 62.3 Å². The van der Waals surface area contributed by atoms with E-state index in [1.165, 1.54) is 0 Å². The first-order chi connectivity index (χ1) is 13.9. The van der Waals surface area contributed by atoms with E-state index in [1.54, 1.807) is 37.5 Å². The lowest BCUT2D eigenvalue weighted by Gasteiger charge is -2.22. The summed E-state index contributed by atoms with van der Waals surface area (Å²) in [5, 5.41) is 3.51. The summed E-state index contributed by atoms with van der Waals surface area (Å²) in [5.41, 5.74) is 2.26. The van der Waals surface area contributed by atoms with Crippen molar-refractivity contribution in [2.45, 2.75) is 18.9 Å². The van der Waals surface area contributed by atoms with Gasteiger partial charge in [-0.15, -0.1) is 0 Å². The standard InChI is InChI=1S/C22H17Cl2N3O2/c1-22(12-14-4-6-15(7-5-14)16-3-2-8-25-13-16)20(28)27(21(29)26-22)19-10-17(23)9-18(24)11-19/h2-11,13H,12H2,1H3,(H,26,29). The van der Waals surface area contributed by atoms with Gasteiger partial charge in [-0.1, -0.05) is 53.5 Å². The molecule has 0 bridgehead atoms. The number of pyridine rings is 1. The number of hydrogen-bond donors (Lipinski definition) is 1. The van der Waals surface area contributed by atoms with Crippen molar-refractivity contribution in [1.82, 2.24) is 10.3 Å². The van der Waals surface area contributed by atoms with E-state index in [4.69, 9.17) is 23.2 Å². The Morgan fingerprint density at radius 2 is 1.69 bits per heavy atom. The van der Waals surface area contributed by atoms with E-state index in [-0.39, 0.29) is 5.91 Å². The average Bonchev–Trinajstić information content (AvgIpc) is 2.90. The van der Waals surface area contributed by atoms with Crippen molar-refractivity contribution in [2.24, 2.45) is 0 Å². The molecule has 146 valence electrons. The maximum Gasteiger partial charge on any atom is 0.329 e. The highest BCUT2D eigenvalue weighted by atomic mass is 35.5. The minimum absolute atomic E-state index is 0.348. The lowest BCUT2D eigenvalue weighted by Crippen LogP contribution is -2.46. The van der Waals surface area contributed by atoms with Crippen LogP contribution in [0.15, 0.2) is 67.0 Å². The summed E-state index contributed by atoms with van der Waals surface area (Å²) in [5.74, 6) is -0.350. The number of anilines is 1. The van der Waals surface area contributed by atoms with E-state index >= 15 is 0 Å². The largest absolute Gasteiger partial charge is 0.329 e. The lowest BCUT2D eigenvalue weighted by molar-refractivity contribution is -0.121. The Hall–Kier alpha value is -2.89. The third kappa shape index (κ3) is 3.84. The molecule has 3 aromatic rings. The first kappa shape index (κ1) is 19.4. The van der Waals surface area contributed by atoms with Crippen molar-refractivity contribution in [3.8, 4) is 11.1 Å². The molecule has 29 heavy (non-hydrogen) atoms. The Kier molecular flexibility index (Phi) is 5.03. The number of urea groups is 1. The molecule has 1 aliphatic heterocycles. The van der Waals surface area contributed by atoms with Gasteiger partial charge in [-0.3, -0.25) is 9.78 Å². The van der Waals surface area contributed by atoms with Crippen LogP contribution in [0.1, 0.15) is 12.5 Å². The average molecular weight is 426 g/mol. The highest BCUT2D eigenvalue weighted by Crippen LogP contribution is 2.31. The minimum Gasteiger partial charge on any atom is -0.323 e. The SMILES string of the molecule is CC1(Cc2ccc(-c3cccnc3)cc2)NC(=O)N(c2cc(Cl)cc(Cl)c2)C1=O. The third-order valence-electron chi connectivity index (χ3n) is 4.87. The number of benzene rings is 2. The van der Waals surface area contributed by atoms with E-state index < -0.39 is 11.6 Å². The first-order valence-corrected chi connectivity index (χ1v) is 9.73. The summed E-state index contributed by atoms with van der Waals surface area (Å²) < 4.78 is 0. The van der Waals surface area contributed by atoms with Crippen molar-refractivity contribution < 1.29 is 9.59 Å². The quantitative estimate of drug-likeness (QED) is 0.590. The number of hydrogen-bond acceptors (Lipinski definition) is 3. The summed E-state index contributed by atoms with van der Waals surface area (Å²) >= 11 is 12.1. The molecule has 3 amide bonds. The zero-order valence-electron chi connectivity index (χ0n) is 15.5. The molecular formula is C22H17Cl2N3O2. The van der Waals surface area contributed by atoms with Crippen molar-refractivity contribution >= 4 is 40.8 Å². The number of aromatic nitrogens is 1. The summed E-state index contributed by atoms with van der Waals surface area (Å²) in [6.07, 6.45) is 3.88. The van der Waals surface area contributed by atoms with Crippen LogP contribution in [-0.4, -0.2) is 22.5 Å². The van der Waals surface area contributed by atoms with Gasteiger partial charge in [0.25, 0.3) is 5.91 Å². The Morgan fingerprint density at radius 3 is 2.31 bits per heavy atom. The van der Waals surface area contributed by atoms with Gasteiger partial charge in [0.15, 0.2) is 0 Å². The molecule has 1 aromatic heterocycles.